The first kappa shape index (κ1) is 23.2. The number of amides is 2. The molecule has 1 saturated heterocycles. The second-order valence-corrected chi connectivity index (χ2v) is 9.05. The third-order valence-electron chi connectivity index (χ3n) is 5.14. The number of hydrogen-bond donors (Lipinski definition) is 0. The van der Waals surface area contributed by atoms with Gasteiger partial charge < -0.3 is 14.5 Å². The van der Waals surface area contributed by atoms with Gasteiger partial charge in [-0.05, 0) is 44.7 Å². The van der Waals surface area contributed by atoms with E-state index in [1.54, 1.807) is 9.80 Å². The highest BCUT2D eigenvalue weighted by atomic mass is 16.6. The molecule has 0 spiro atoms. The van der Waals surface area contributed by atoms with E-state index in [0.717, 1.165) is 12.0 Å². The molecular formula is C24H38N2O3. The predicted molar refractivity (Wildman–Crippen MR) is 117 cm³/mol. The van der Waals surface area contributed by atoms with E-state index in [-0.39, 0.29) is 18.5 Å². The van der Waals surface area contributed by atoms with E-state index in [1.165, 1.54) is 44.1 Å². The molecule has 0 bridgehead atoms. The highest BCUT2D eigenvalue weighted by molar-refractivity contribution is 5.82. The van der Waals surface area contributed by atoms with Crippen LogP contribution in [-0.4, -0.2) is 47.0 Å². The molecule has 0 aromatic heterocycles. The van der Waals surface area contributed by atoms with Crippen molar-refractivity contribution >= 4 is 12.0 Å². The molecule has 5 nitrogen and oxygen atoms in total. The molecule has 1 aromatic carbocycles. The number of nitrogens with zero attached hydrogens (tertiary/aromatic N) is 2. The molecule has 2 rings (SSSR count). The molecule has 29 heavy (non-hydrogen) atoms. The van der Waals surface area contributed by atoms with Gasteiger partial charge in [0.2, 0.25) is 0 Å². The number of rotatable bonds is 11. The second-order valence-electron chi connectivity index (χ2n) is 9.05. The van der Waals surface area contributed by atoms with Crippen molar-refractivity contribution in [3.05, 3.63) is 35.4 Å². The molecule has 1 aliphatic heterocycles. The maximum absolute atomic E-state index is 12.6. The van der Waals surface area contributed by atoms with Crippen molar-refractivity contribution in [3.8, 4) is 0 Å². The topological polar surface area (TPSA) is 49.9 Å². The molecule has 5 heteroatoms. The van der Waals surface area contributed by atoms with Gasteiger partial charge in [0.05, 0.1) is 0 Å². The lowest BCUT2D eigenvalue weighted by Gasteiger charge is -2.22. The predicted octanol–water partition coefficient (Wildman–Crippen LogP) is 5.17. The molecule has 1 aromatic rings. The number of urea groups is 1. The number of carbonyl (C=O) groups is 2. The van der Waals surface area contributed by atoms with Gasteiger partial charge in [0.1, 0.15) is 12.1 Å². The highest BCUT2D eigenvalue weighted by Crippen LogP contribution is 2.16. The molecule has 2 amide bonds. The molecule has 1 fully saturated rings. The standard InChI is InChI=1S/C24H38N2O3/c1-5-6-7-8-9-10-11-20-12-14-21(15-13-20)18-25-16-17-26(23(25)28)19-22(27)29-24(2,3)4/h12-15H,5-11,16-19H2,1-4H3. The van der Waals surface area contributed by atoms with Crippen LogP contribution < -0.4 is 0 Å². The van der Waals surface area contributed by atoms with Crippen molar-refractivity contribution in [1.82, 2.24) is 9.80 Å². The van der Waals surface area contributed by atoms with Crippen molar-refractivity contribution in [2.75, 3.05) is 19.6 Å². The van der Waals surface area contributed by atoms with Crippen LogP contribution in [0.25, 0.3) is 0 Å². The Kier molecular flexibility index (Phi) is 8.99. The van der Waals surface area contributed by atoms with Crippen LogP contribution in [0.15, 0.2) is 24.3 Å². The van der Waals surface area contributed by atoms with Gasteiger partial charge >= 0.3 is 12.0 Å². The lowest BCUT2D eigenvalue weighted by atomic mass is 10.0. The van der Waals surface area contributed by atoms with Gasteiger partial charge in [-0.3, -0.25) is 4.79 Å². The average molecular weight is 403 g/mol. The van der Waals surface area contributed by atoms with Crippen molar-refractivity contribution in [2.45, 2.75) is 84.8 Å². The van der Waals surface area contributed by atoms with Gasteiger partial charge in [0.15, 0.2) is 0 Å². The van der Waals surface area contributed by atoms with E-state index < -0.39 is 5.60 Å². The Morgan fingerprint density at radius 3 is 2.17 bits per heavy atom. The Balaban J connectivity index is 1.74. The van der Waals surface area contributed by atoms with Crippen molar-refractivity contribution in [3.63, 3.8) is 0 Å². The lowest BCUT2D eigenvalue weighted by Crippen LogP contribution is -2.37. The first-order valence-corrected chi connectivity index (χ1v) is 11.1. The third-order valence-corrected chi connectivity index (χ3v) is 5.14. The number of unbranched alkanes of at least 4 members (excludes halogenated alkanes) is 5. The molecule has 1 aliphatic rings. The summed E-state index contributed by atoms with van der Waals surface area (Å²) in [6, 6.07) is 8.51. The molecule has 0 saturated carbocycles. The Hall–Kier alpha value is -2.04. The van der Waals surface area contributed by atoms with Gasteiger partial charge in [-0.2, -0.15) is 0 Å². The molecule has 1 heterocycles. The van der Waals surface area contributed by atoms with Crippen LogP contribution in [0.2, 0.25) is 0 Å². The summed E-state index contributed by atoms with van der Waals surface area (Å²) < 4.78 is 5.32. The van der Waals surface area contributed by atoms with Crippen LogP contribution in [0.3, 0.4) is 0 Å². The van der Waals surface area contributed by atoms with Gasteiger partial charge in [-0.15, -0.1) is 0 Å². The zero-order valence-electron chi connectivity index (χ0n) is 18.7. The summed E-state index contributed by atoms with van der Waals surface area (Å²) in [5.41, 5.74) is 1.96. The summed E-state index contributed by atoms with van der Waals surface area (Å²) in [6.45, 7) is 9.55. The summed E-state index contributed by atoms with van der Waals surface area (Å²) >= 11 is 0. The minimum atomic E-state index is -0.531. The fraction of sp³-hybridized carbons (Fsp3) is 0.667. The minimum Gasteiger partial charge on any atom is -0.459 e. The van der Waals surface area contributed by atoms with Gasteiger partial charge in [0.25, 0.3) is 0 Å². The van der Waals surface area contributed by atoms with Crippen LogP contribution in [0.4, 0.5) is 4.79 Å². The maximum atomic E-state index is 12.6. The van der Waals surface area contributed by atoms with Crippen LogP contribution in [-0.2, 0) is 22.5 Å². The summed E-state index contributed by atoms with van der Waals surface area (Å²) in [7, 11) is 0. The zero-order chi connectivity index (χ0) is 21.3. The second kappa shape index (κ2) is 11.2. The zero-order valence-corrected chi connectivity index (χ0v) is 18.7. The molecule has 0 N–H and O–H groups in total. The molecule has 0 atom stereocenters. The molecular weight excluding hydrogens is 364 g/mol. The normalized spacial score (nSPS) is 14.6. The first-order chi connectivity index (χ1) is 13.8. The largest absolute Gasteiger partial charge is 0.459 e. The Bertz CT molecular complexity index is 649. The number of carbonyl (C=O) groups excluding carboxylic acids is 2. The SMILES string of the molecule is CCCCCCCCc1ccc(CN2CCN(CC(=O)OC(C)(C)C)C2=O)cc1. The fourth-order valence-corrected chi connectivity index (χ4v) is 3.60. The van der Waals surface area contributed by atoms with Crippen LogP contribution in [0.5, 0.6) is 0 Å². The summed E-state index contributed by atoms with van der Waals surface area (Å²) in [6.07, 6.45) is 9.00. The van der Waals surface area contributed by atoms with Gasteiger partial charge in [-0.1, -0.05) is 63.3 Å². The van der Waals surface area contributed by atoms with Crippen LogP contribution in [0, 0.1) is 0 Å². The lowest BCUT2D eigenvalue weighted by molar-refractivity contribution is -0.155. The molecule has 0 unspecified atom stereocenters. The van der Waals surface area contributed by atoms with Crippen molar-refractivity contribution in [1.29, 1.82) is 0 Å². The Morgan fingerprint density at radius 2 is 1.52 bits per heavy atom. The summed E-state index contributed by atoms with van der Waals surface area (Å²) in [5.74, 6) is -0.355. The summed E-state index contributed by atoms with van der Waals surface area (Å²) in [5, 5.41) is 0. The van der Waals surface area contributed by atoms with E-state index in [0.29, 0.717) is 19.6 Å². The number of ether oxygens (including phenoxy) is 1. The third kappa shape index (κ3) is 8.46. The fourth-order valence-electron chi connectivity index (χ4n) is 3.60. The molecule has 0 aliphatic carbocycles. The van der Waals surface area contributed by atoms with Gasteiger partial charge in [0, 0.05) is 19.6 Å². The monoisotopic (exact) mass is 402 g/mol. The summed E-state index contributed by atoms with van der Waals surface area (Å²) in [4.78, 5) is 27.9. The average Bonchev–Trinajstić information content (AvgIpc) is 2.97. The van der Waals surface area contributed by atoms with E-state index >= 15 is 0 Å². The van der Waals surface area contributed by atoms with Crippen molar-refractivity contribution in [2.24, 2.45) is 0 Å². The maximum Gasteiger partial charge on any atom is 0.326 e. The number of aryl methyl sites for hydroxylation is 1. The Labute approximate surface area is 176 Å². The minimum absolute atomic E-state index is 0.0177. The number of hydrogen-bond acceptors (Lipinski definition) is 3. The quantitative estimate of drug-likeness (QED) is 0.379. The highest BCUT2D eigenvalue weighted by Gasteiger charge is 2.31. The smallest absolute Gasteiger partial charge is 0.326 e. The van der Waals surface area contributed by atoms with E-state index in [4.69, 9.17) is 4.74 Å². The molecule has 162 valence electrons. The number of benzene rings is 1. The van der Waals surface area contributed by atoms with E-state index in [1.807, 2.05) is 20.8 Å². The number of esters is 1. The first-order valence-electron chi connectivity index (χ1n) is 11.1. The van der Waals surface area contributed by atoms with Crippen molar-refractivity contribution < 1.29 is 14.3 Å². The molecule has 0 radical (unpaired) electrons. The van der Waals surface area contributed by atoms with E-state index in [2.05, 4.69) is 31.2 Å². The Morgan fingerprint density at radius 1 is 0.931 bits per heavy atom. The van der Waals surface area contributed by atoms with Crippen LogP contribution >= 0.6 is 0 Å². The van der Waals surface area contributed by atoms with E-state index in [9.17, 15) is 9.59 Å². The van der Waals surface area contributed by atoms with Crippen LogP contribution in [0.1, 0.15) is 77.3 Å². The van der Waals surface area contributed by atoms with Gasteiger partial charge in [-0.25, -0.2) is 4.79 Å².